The largest absolute Gasteiger partial charge is 0.492 e. The monoisotopic (exact) mass is 466 g/mol. The van der Waals surface area contributed by atoms with Crippen molar-refractivity contribution >= 4 is 44.0 Å². The number of nitrogens with zero attached hydrogens (tertiary/aromatic N) is 2. The molecule has 8 nitrogen and oxygen atoms in total. The zero-order valence-corrected chi connectivity index (χ0v) is 18.4. The summed E-state index contributed by atoms with van der Waals surface area (Å²) in [6.45, 7) is 2.14. The van der Waals surface area contributed by atoms with Crippen LogP contribution < -0.4 is 14.8 Å². The molecule has 0 bridgehead atoms. The van der Waals surface area contributed by atoms with Crippen molar-refractivity contribution in [2.24, 2.45) is 0 Å². The van der Waals surface area contributed by atoms with Gasteiger partial charge in [-0.2, -0.15) is 0 Å². The van der Waals surface area contributed by atoms with Crippen LogP contribution in [0.2, 0.25) is 5.02 Å². The fourth-order valence-corrected chi connectivity index (χ4v) is 4.32. The van der Waals surface area contributed by atoms with Crippen LogP contribution >= 0.6 is 22.9 Å². The Kier molecular flexibility index (Phi) is 7.38. The number of carbonyl (C=O) groups is 1. The number of carbonyl (C=O) groups excluding carboxylic acids is 1. The van der Waals surface area contributed by atoms with E-state index in [1.165, 1.54) is 29.5 Å². The van der Waals surface area contributed by atoms with E-state index in [1.54, 1.807) is 12.1 Å². The van der Waals surface area contributed by atoms with E-state index in [2.05, 4.69) is 20.2 Å². The molecule has 0 saturated carbocycles. The highest BCUT2D eigenvalue weighted by Gasteiger charge is 2.19. The summed E-state index contributed by atoms with van der Waals surface area (Å²) in [5, 5.41) is 11.6. The van der Waals surface area contributed by atoms with Gasteiger partial charge in [0.15, 0.2) is 0 Å². The predicted molar refractivity (Wildman–Crippen MR) is 116 cm³/mol. The van der Waals surface area contributed by atoms with Crippen LogP contribution in [-0.4, -0.2) is 37.7 Å². The maximum atomic E-state index is 12.6. The van der Waals surface area contributed by atoms with E-state index in [0.29, 0.717) is 17.3 Å². The molecule has 11 heteroatoms. The van der Waals surface area contributed by atoms with Gasteiger partial charge in [-0.15, -0.1) is 10.2 Å². The number of halogens is 1. The summed E-state index contributed by atoms with van der Waals surface area (Å²) in [5.74, 6) is 0.0771. The molecule has 2 aromatic carbocycles. The lowest BCUT2D eigenvalue weighted by atomic mass is 10.2. The molecule has 1 aromatic heterocycles. The summed E-state index contributed by atoms with van der Waals surface area (Å²) < 4.78 is 33.1. The highest BCUT2D eigenvalue weighted by atomic mass is 35.5. The van der Waals surface area contributed by atoms with Gasteiger partial charge in [-0.1, -0.05) is 48.1 Å². The van der Waals surface area contributed by atoms with E-state index in [9.17, 15) is 13.2 Å². The predicted octanol–water partition coefficient (Wildman–Crippen LogP) is 3.36. The number of hydrogen-bond acceptors (Lipinski definition) is 7. The van der Waals surface area contributed by atoms with Crippen molar-refractivity contribution in [2.75, 3.05) is 18.5 Å². The first-order chi connectivity index (χ1) is 14.4. The molecule has 0 unspecified atom stereocenters. The number of ether oxygens (including phenoxy) is 1. The van der Waals surface area contributed by atoms with Crippen LogP contribution in [0.3, 0.4) is 0 Å². The van der Waals surface area contributed by atoms with Crippen molar-refractivity contribution in [3.05, 3.63) is 64.1 Å². The van der Waals surface area contributed by atoms with Crippen LogP contribution in [0, 0.1) is 0 Å². The second-order valence-corrected chi connectivity index (χ2v) is 9.25. The average Bonchev–Trinajstić information content (AvgIpc) is 3.19. The number of anilines is 1. The third kappa shape index (κ3) is 5.76. The lowest BCUT2D eigenvalue weighted by Crippen LogP contribution is -2.28. The second-order valence-electron chi connectivity index (χ2n) is 6.01. The van der Waals surface area contributed by atoms with Crippen LogP contribution in [0.1, 0.15) is 22.3 Å². The van der Waals surface area contributed by atoms with Crippen molar-refractivity contribution in [3.63, 3.8) is 0 Å². The first-order valence-electron chi connectivity index (χ1n) is 9.00. The average molecular weight is 467 g/mol. The zero-order chi connectivity index (χ0) is 21.6. The molecule has 3 rings (SSSR count). The van der Waals surface area contributed by atoms with E-state index in [4.69, 9.17) is 16.3 Å². The van der Waals surface area contributed by atoms with Gasteiger partial charge in [0.2, 0.25) is 15.2 Å². The second kappa shape index (κ2) is 9.98. The standard InChI is InChI=1S/C19H19ClN4O4S2/c1-2-17-23-24-19(29-17)22-18(25)15-12-14(8-9-16(15)20)30(26,27)21-10-11-28-13-6-4-3-5-7-13/h3-9,12,21H,2,10-11H2,1H3,(H,22,24,25). The van der Waals surface area contributed by atoms with Gasteiger partial charge in [-0.3, -0.25) is 10.1 Å². The van der Waals surface area contributed by atoms with Gasteiger partial charge in [0.1, 0.15) is 17.4 Å². The molecule has 0 aliphatic heterocycles. The van der Waals surface area contributed by atoms with Crippen LogP contribution in [0.25, 0.3) is 0 Å². The molecule has 158 valence electrons. The highest BCUT2D eigenvalue weighted by Crippen LogP contribution is 2.23. The lowest BCUT2D eigenvalue weighted by molar-refractivity contribution is 0.102. The van der Waals surface area contributed by atoms with E-state index >= 15 is 0 Å². The molecule has 1 amide bonds. The number of benzene rings is 2. The minimum Gasteiger partial charge on any atom is -0.492 e. The Hall–Kier alpha value is -2.53. The van der Waals surface area contributed by atoms with E-state index in [0.717, 1.165) is 5.01 Å². The Morgan fingerprint density at radius 3 is 2.63 bits per heavy atom. The molecule has 2 N–H and O–H groups in total. The van der Waals surface area contributed by atoms with Crippen LogP contribution in [-0.2, 0) is 16.4 Å². The van der Waals surface area contributed by atoms with Gasteiger partial charge in [0.05, 0.1) is 15.5 Å². The van der Waals surface area contributed by atoms with Crippen molar-refractivity contribution in [3.8, 4) is 5.75 Å². The van der Waals surface area contributed by atoms with Gasteiger partial charge >= 0.3 is 0 Å². The number of amides is 1. The number of aromatic nitrogens is 2. The molecule has 0 aliphatic rings. The smallest absolute Gasteiger partial charge is 0.259 e. The van der Waals surface area contributed by atoms with Crippen LogP contribution in [0.4, 0.5) is 5.13 Å². The number of hydrogen-bond donors (Lipinski definition) is 2. The third-order valence-electron chi connectivity index (χ3n) is 3.89. The summed E-state index contributed by atoms with van der Waals surface area (Å²) in [4.78, 5) is 12.5. The number of rotatable bonds is 9. The minimum absolute atomic E-state index is 0.0216. The number of para-hydroxylation sites is 1. The van der Waals surface area contributed by atoms with Gasteiger partial charge in [-0.05, 0) is 36.8 Å². The topological polar surface area (TPSA) is 110 Å². The normalized spacial score (nSPS) is 11.3. The van der Waals surface area contributed by atoms with Crippen molar-refractivity contribution in [1.29, 1.82) is 0 Å². The maximum absolute atomic E-state index is 12.6. The molecule has 0 saturated heterocycles. The Balaban J connectivity index is 1.65. The number of sulfonamides is 1. The maximum Gasteiger partial charge on any atom is 0.259 e. The Morgan fingerprint density at radius 1 is 1.17 bits per heavy atom. The Bertz CT molecular complexity index is 1120. The minimum atomic E-state index is -3.85. The highest BCUT2D eigenvalue weighted by molar-refractivity contribution is 7.89. The molecular weight excluding hydrogens is 448 g/mol. The molecule has 0 fully saturated rings. The summed E-state index contributed by atoms with van der Waals surface area (Å²) in [7, 11) is -3.85. The van der Waals surface area contributed by atoms with Gasteiger partial charge in [0.25, 0.3) is 5.91 Å². The molecule has 30 heavy (non-hydrogen) atoms. The van der Waals surface area contributed by atoms with Crippen molar-refractivity contribution in [2.45, 2.75) is 18.2 Å². The fraction of sp³-hybridized carbons (Fsp3) is 0.211. The van der Waals surface area contributed by atoms with E-state index < -0.39 is 15.9 Å². The van der Waals surface area contributed by atoms with Crippen LogP contribution in [0.5, 0.6) is 5.75 Å². The summed E-state index contributed by atoms with van der Waals surface area (Å²) >= 11 is 7.35. The van der Waals surface area contributed by atoms with E-state index in [1.807, 2.05) is 25.1 Å². The number of nitrogens with one attached hydrogen (secondary N) is 2. The zero-order valence-electron chi connectivity index (χ0n) is 16.0. The fourth-order valence-electron chi connectivity index (χ4n) is 2.40. The van der Waals surface area contributed by atoms with E-state index in [-0.39, 0.29) is 28.6 Å². The Morgan fingerprint density at radius 2 is 1.93 bits per heavy atom. The summed E-state index contributed by atoms with van der Waals surface area (Å²) in [5.41, 5.74) is 0.0216. The van der Waals surface area contributed by atoms with Crippen LogP contribution in [0.15, 0.2) is 53.4 Å². The first-order valence-corrected chi connectivity index (χ1v) is 11.7. The summed E-state index contributed by atoms with van der Waals surface area (Å²) in [6.07, 6.45) is 0.696. The molecule has 0 atom stereocenters. The Labute approximate surface area is 183 Å². The molecule has 0 spiro atoms. The van der Waals surface area contributed by atoms with Gasteiger partial charge in [0, 0.05) is 6.54 Å². The third-order valence-corrected chi connectivity index (χ3v) is 6.66. The van der Waals surface area contributed by atoms with Crippen molar-refractivity contribution < 1.29 is 17.9 Å². The molecule has 0 radical (unpaired) electrons. The molecule has 3 aromatic rings. The molecular formula is C19H19ClN4O4S2. The lowest BCUT2D eigenvalue weighted by Gasteiger charge is -2.10. The number of aryl methyl sites for hydroxylation is 1. The summed E-state index contributed by atoms with van der Waals surface area (Å²) in [6, 6.07) is 13.0. The SMILES string of the molecule is CCc1nnc(NC(=O)c2cc(S(=O)(=O)NCCOc3ccccc3)ccc2Cl)s1. The van der Waals surface area contributed by atoms with Gasteiger partial charge < -0.3 is 4.74 Å². The van der Waals surface area contributed by atoms with Crippen molar-refractivity contribution in [1.82, 2.24) is 14.9 Å². The van der Waals surface area contributed by atoms with Gasteiger partial charge in [-0.25, -0.2) is 13.1 Å². The molecule has 1 heterocycles. The quantitative estimate of drug-likeness (QED) is 0.468. The molecule has 0 aliphatic carbocycles. The first kappa shape index (κ1) is 22.2.